The minimum Gasteiger partial charge on any atom is -0.396 e. The molecule has 4 heteroatoms. The zero-order valence-corrected chi connectivity index (χ0v) is 13.6. The van der Waals surface area contributed by atoms with Crippen LogP contribution in [0.15, 0.2) is 48.5 Å². The van der Waals surface area contributed by atoms with Gasteiger partial charge in [0, 0.05) is 30.3 Å². The molecule has 0 aliphatic rings. The van der Waals surface area contributed by atoms with Gasteiger partial charge in [0.15, 0.2) is 0 Å². The molecule has 1 unspecified atom stereocenters. The standard InChI is InChI=1S/C20H21NO3/c1-21-20(24)18-12-8-16(9-13-18)5-4-15-6-10-17(11-7-15)19(23)3-2-14-22/h6-13,19,22-23H,2-3,14H2,1H3,(H,21,24). The minimum atomic E-state index is -0.559. The van der Waals surface area contributed by atoms with E-state index in [0.29, 0.717) is 18.4 Å². The number of benzene rings is 2. The summed E-state index contributed by atoms with van der Waals surface area (Å²) in [5, 5.41) is 21.3. The average molecular weight is 323 g/mol. The van der Waals surface area contributed by atoms with Crippen LogP contribution >= 0.6 is 0 Å². The van der Waals surface area contributed by atoms with Crippen molar-refractivity contribution in [1.82, 2.24) is 5.32 Å². The quantitative estimate of drug-likeness (QED) is 0.739. The van der Waals surface area contributed by atoms with Crippen molar-refractivity contribution < 1.29 is 15.0 Å². The van der Waals surface area contributed by atoms with Crippen molar-refractivity contribution in [2.45, 2.75) is 18.9 Å². The maximum absolute atomic E-state index is 11.5. The number of carbonyl (C=O) groups excluding carboxylic acids is 1. The van der Waals surface area contributed by atoms with Crippen LogP contribution in [0.5, 0.6) is 0 Å². The van der Waals surface area contributed by atoms with Crippen molar-refractivity contribution in [2.75, 3.05) is 13.7 Å². The lowest BCUT2D eigenvalue weighted by atomic mass is 10.0. The molecule has 2 aromatic rings. The second-order valence-electron chi connectivity index (χ2n) is 5.41. The van der Waals surface area contributed by atoms with Gasteiger partial charge < -0.3 is 15.5 Å². The molecule has 0 aliphatic carbocycles. The first-order chi connectivity index (χ1) is 11.6. The molecule has 4 nitrogen and oxygen atoms in total. The third-order valence-electron chi connectivity index (χ3n) is 3.66. The van der Waals surface area contributed by atoms with Gasteiger partial charge >= 0.3 is 0 Å². The molecule has 0 radical (unpaired) electrons. The first-order valence-electron chi connectivity index (χ1n) is 7.87. The molecule has 0 fully saturated rings. The van der Waals surface area contributed by atoms with Gasteiger partial charge in [-0.2, -0.15) is 0 Å². The third-order valence-corrected chi connectivity index (χ3v) is 3.66. The predicted octanol–water partition coefficient (Wildman–Crippen LogP) is 2.25. The van der Waals surface area contributed by atoms with E-state index in [1.54, 1.807) is 19.2 Å². The van der Waals surface area contributed by atoms with Crippen LogP contribution in [-0.4, -0.2) is 29.8 Å². The fraction of sp³-hybridized carbons (Fsp3) is 0.250. The Labute approximate surface area is 142 Å². The normalized spacial score (nSPS) is 11.3. The SMILES string of the molecule is CNC(=O)c1ccc(C#Cc2ccc(C(O)CCCO)cc2)cc1. The lowest BCUT2D eigenvalue weighted by Crippen LogP contribution is -2.17. The molecular weight excluding hydrogens is 302 g/mol. The highest BCUT2D eigenvalue weighted by atomic mass is 16.3. The van der Waals surface area contributed by atoms with E-state index in [-0.39, 0.29) is 12.5 Å². The van der Waals surface area contributed by atoms with E-state index in [1.165, 1.54) is 0 Å². The average Bonchev–Trinajstić information content (AvgIpc) is 2.64. The summed E-state index contributed by atoms with van der Waals surface area (Å²) in [6, 6.07) is 14.5. The fourth-order valence-corrected chi connectivity index (χ4v) is 2.23. The summed E-state index contributed by atoms with van der Waals surface area (Å²) in [4.78, 5) is 11.5. The van der Waals surface area contributed by atoms with Crippen LogP contribution < -0.4 is 5.32 Å². The van der Waals surface area contributed by atoms with Gasteiger partial charge in [0.2, 0.25) is 0 Å². The van der Waals surface area contributed by atoms with Gasteiger partial charge in [-0.15, -0.1) is 0 Å². The number of rotatable bonds is 5. The second kappa shape index (κ2) is 8.88. The van der Waals surface area contributed by atoms with Gasteiger partial charge in [-0.25, -0.2) is 0 Å². The van der Waals surface area contributed by atoms with Crippen molar-refractivity contribution in [1.29, 1.82) is 0 Å². The highest BCUT2D eigenvalue weighted by Gasteiger charge is 2.06. The Hall–Kier alpha value is -2.61. The Bertz CT molecular complexity index is 724. The summed E-state index contributed by atoms with van der Waals surface area (Å²) in [5.74, 6) is 5.99. The number of carbonyl (C=O) groups is 1. The smallest absolute Gasteiger partial charge is 0.251 e. The van der Waals surface area contributed by atoms with Crippen LogP contribution in [0, 0.1) is 11.8 Å². The van der Waals surface area contributed by atoms with Gasteiger partial charge in [-0.3, -0.25) is 4.79 Å². The Morgan fingerprint density at radius 2 is 1.58 bits per heavy atom. The fourth-order valence-electron chi connectivity index (χ4n) is 2.23. The Morgan fingerprint density at radius 3 is 2.08 bits per heavy atom. The second-order valence-corrected chi connectivity index (χ2v) is 5.41. The molecular formula is C20H21NO3. The zero-order chi connectivity index (χ0) is 17.4. The molecule has 0 heterocycles. The van der Waals surface area contributed by atoms with Crippen molar-refractivity contribution in [3.8, 4) is 11.8 Å². The minimum absolute atomic E-state index is 0.0827. The monoisotopic (exact) mass is 323 g/mol. The summed E-state index contributed by atoms with van der Waals surface area (Å²) in [6.45, 7) is 0.0827. The summed E-state index contributed by atoms with van der Waals surface area (Å²) >= 11 is 0. The van der Waals surface area contributed by atoms with Crippen LogP contribution in [0.2, 0.25) is 0 Å². The molecule has 0 bridgehead atoms. The Balaban J connectivity index is 2.04. The van der Waals surface area contributed by atoms with Crippen molar-refractivity contribution >= 4 is 5.91 Å². The van der Waals surface area contributed by atoms with Gasteiger partial charge in [0.1, 0.15) is 0 Å². The molecule has 2 rings (SSSR count). The van der Waals surface area contributed by atoms with Gasteiger partial charge in [0.25, 0.3) is 5.91 Å². The van der Waals surface area contributed by atoms with E-state index in [9.17, 15) is 9.90 Å². The number of hydrogen-bond acceptors (Lipinski definition) is 3. The predicted molar refractivity (Wildman–Crippen MR) is 93.5 cm³/mol. The van der Waals surface area contributed by atoms with Crippen molar-refractivity contribution in [3.05, 3.63) is 70.8 Å². The number of aliphatic hydroxyl groups excluding tert-OH is 2. The summed E-state index contributed by atoms with van der Waals surface area (Å²) in [5.41, 5.74) is 3.10. The maximum Gasteiger partial charge on any atom is 0.251 e. The van der Waals surface area contributed by atoms with E-state index in [0.717, 1.165) is 16.7 Å². The van der Waals surface area contributed by atoms with Crippen molar-refractivity contribution in [2.24, 2.45) is 0 Å². The first-order valence-corrected chi connectivity index (χ1v) is 7.87. The molecule has 0 aliphatic heterocycles. The molecule has 0 saturated heterocycles. The molecule has 124 valence electrons. The number of hydrogen-bond donors (Lipinski definition) is 3. The third kappa shape index (κ3) is 4.95. The Morgan fingerprint density at radius 1 is 1.04 bits per heavy atom. The summed E-state index contributed by atoms with van der Waals surface area (Å²) in [6.07, 6.45) is 0.560. The van der Waals surface area contributed by atoms with Crippen LogP contribution in [0.25, 0.3) is 0 Å². The molecule has 2 aromatic carbocycles. The number of aliphatic hydroxyl groups is 2. The van der Waals surface area contributed by atoms with Crippen LogP contribution in [-0.2, 0) is 0 Å². The maximum atomic E-state index is 11.5. The summed E-state index contributed by atoms with van der Waals surface area (Å²) < 4.78 is 0. The van der Waals surface area contributed by atoms with Gasteiger partial charge in [-0.1, -0.05) is 24.0 Å². The lowest BCUT2D eigenvalue weighted by Gasteiger charge is -2.09. The zero-order valence-electron chi connectivity index (χ0n) is 13.6. The van der Waals surface area contributed by atoms with Crippen LogP contribution in [0.3, 0.4) is 0 Å². The van der Waals surface area contributed by atoms with E-state index in [1.807, 2.05) is 36.4 Å². The molecule has 3 N–H and O–H groups in total. The van der Waals surface area contributed by atoms with E-state index in [4.69, 9.17) is 5.11 Å². The Kier molecular flexibility index (Phi) is 6.56. The lowest BCUT2D eigenvalue weighted by molar-refractivity contribution is 0.0963. The first kappa shape index (κ1) is 17.7. The number of amides is 1. The molecule has 0 aromatic heterocycles. The summed E-state index contributed by atoms with van der Waals surface area (Å²) in [7, 11) is 1.60. The van der Waals surface area contributed by atoms with E-state index < -0.39 is 6.10 Å². The van der Waals surface area contributed by atoms with Crippen molar-refractivity contribution in [3.63, 3.8) is 0 Å². The molecule has 1 atom stereocenters. The molecule has 0 spiro atoms. The molecule has 1 amide bonds. The van der Waals surface area contributed by atoms with E-state index in [2.05, 4.69) is 17.2 Å². The molecule has 0 saturated carbocycles. The topological polar surface area (TPSA) is 69.6 Å². The highest BCUT2D eigenvalue weighted by molar-refractivity contribution is 5.94. The number of nitrogens with one attached hydrogen (secondary N) is 1. The molecule has 24 heavy (non-hydrogen) atoms. The van der Waals surface area contributed by atoms with Gasteiger partial charge in [0.05, 0.1) is 6.10 Å². The van der Waals surface area contributed by atoms with E-state index >= 15 is 0 Å². The van der Waals surface area contributed by atoms with Crippen LogP contribution in [0.1, 0.15) is 46.0 Å². The largest absolute Gasteiger partial charge is 0.396 e. The van der Waals surface area contributed by atoms with Gasteiger partial charge in [-0.05, 0) is 54.8 Å². The van der Waals surface area contributed by atoms with Crippen LogP contribution in [0.4, 0.5) is 0 Å². The highest BCUT2D eigenvalue weighted by Crippen LogP contribution is 2.18.